The molecule has 3 heterocycles. The fourth-order valence-electron chi connectivity index (χ4n) is 7.30. The Bertz CT molecular complexity index is 1540. The van der Waals surface area contributed by atoms with E-state index in [9.17, 15) is 29.1 Å². The first-order valence-electron chi connectivity index (χ1n) is 18.7. The number of nitrogens with one attached hydrogen (secondary N) is 3. The van der Waals surface area contributed by atoms with Crippen LogP contribution in [0.4, 0.5) is 0 Å². The zero-order valence-corrected chi connectivity index (χ0v) is 30.9. The molecule has 2 aromatic carbocycles. The minimum Gasteiger partial charge on any atom is -0.393 e. The van der Waals surface area contributed by atoms with Crippen LogP contribution in [-0.4, -0.2) is 112 Å². The molecule has 0 aliphatic carbocycles. The number of epoxide rings is 1. The Morgan fingerprint density at radius 3 is 2.13 bits per heavy atom. The SMILES string of the molecule is CC(C)C[C@H](NC(=O)[C@H](Cc1ccccc1)N1C(=O)[C@@H](NC(=O)[C@H](CCc2ccccc2)NC(=O)CN2CCC(O)CC2)CC1C)C(=O)[C@@]1(C)CO1. The molecule has 12 nitrogen and oxygen atoms in total. The average molecular weight is 718 g/mol. The van der Waals surface area contributed by atoms with Gasteiger partial charge in [-0.1, -0.05) is 74.5 Å². The van der Waals surface area contributed by atoms with Gasteiger partial charge in [-0.2, -0.15) is 0 Å². The van der Waals surface area contributed by atoms with Crippen molar-refractivity contribution in [3.8, 4) is 0 Å². The first-order valence-corrected chi connectivity index (χ1v) is 18.7. The molecule has 3 fully saturated rings. The number of aliphatic hydroxyl groups is 1. The maximum atomic E-state index is 14.2. The van der Waals surface area contributed by atoms with Gasteiger partial charge in [-0.15, -0.1) is 0 Å². The zero-order chi connectivity index (χ0) is 37.4. The van der Waals surface area contributed by atoms with Crippen LogP contribution in [0.3, 0.4) is 0 Å². The second kappa shape index (κ2) is 17.6. The average Bonchev–Trinajstić information content (AvgIpc) is 3.81. The molecule has 12 heteroatoms. The highest BCUT2D eigenvalue weighted by Gasteiger charge is 2.51. The van der Waals surface area contributed by atoms with Crippen LogP contribution in [0.2, 0.25) is 0 Å². The molecule has 0 saturated carbocycles. The second-order valence-corrected chi connectivity index (χ2v) is 15.3. The monoisotopic (exact) mass is 717 g/mol. The van der Waals surface area contributed by atoms with Gasteiger partial charge in [0.05, 0.1) is 25.3 Å². The van der Waals surface area contributed by atoms with Crippen molar-refractivity contribution in [3.05, 3.63) is 71.8 Å². The van der Waals surface area contributed by atoms with Crippen LogP contribution in [0.1, 0.15) is 70.9 Å². The number of hydrogen-bond donors (Lipinski definition) is 4. The number of piperidine rings is 1. The van der Waals surface area contributed by atoms with Crippen LogP contribution in [0.25, 0.3) is 0 Å². The summed E-state index contributed by atoms with van der Waals surface area (Å²) in [6.45, 7) is 9.15. The number of likely N-dealkylation sites (tertiary alicyclic amines) is 2. The van der Waals surface area contributed by atoms with Gasteiger partial charge in [0.2, 0.25) is 23.6 Å². The van der Waals surface area contributed by atoms with Crippen LogP contribution >= 0.6 is 0 Å². The molecular formula is C40H55N5O7. The van der Waals surface area contributed by atoms with Crippen molar-refractivity contribution < 1.29 is 33.8 Å². The van der Waals surface area contributed by atoms with Gasteiger partial charge in [0.25, 0.3) is 0 Å². The van der Waals surface area contributed by atoms with Crippen molar-refractivity contribution in [2.75, 3.05) is 26.2 Å². The summed E-state index contributed by atoms with van der Waals surface area (Å²) in [4.78, 5) is 72.4. The Balaban J connectivity index is 1.31. The summed E-state index contributed by atoms with van der Waals surface area (Å²) in [6.07, 6.45) is 2.62. The quantitative estimate of drug-likeness (QED) is 0.181. The predicted molar refractivity (Wildman–Crippen MR) is 196 cm³/mol. The molecule has 6 atom stereocenters. The Labute approximate surface area is 307 Å². The van der Waals surface area contributed by atoms with E-state index in [0.29, 0.717) is 51.8 Å². The fourth-order valence-corrected chi connectivity index (χ4v) is 7.30. The van der Waals surface area contributed by atoms with Crippen LogP contribution in [-0.2, 0) is 41.6 Å². The molecule has 0 radical (unpaired) electrons. The molecule has 3 saturated heterocycles. The largest absolute Gasteiger partial charge is 0.393 e. The predicted octanol–water partition coefficient (Wildman–Crippen LogP) is 2.17. The Morgan fingerprint density at radius 1 is 0.923 bits per heavy atom. The second-order valence-electron chi connectivity index (χ2n) is 15.3. The van der Waals surface area contributed by atoms with E-state index >= 15 is 0 Å². The summed E-state index contributed by atoms with van der Waals surface area (Å²) < 4.78 is 5.43. The maximum Gasteiger partial charge on any atom is 0.246 e. The molecule has 0 aromatic heterocycles. The molecule has 0 spiro atoms. The van der Waals surface area contributed by atoms with Crippen molar-refractivity contribution >= 4 is 29.4 Å². The number of carbonyl (C=O) groups is 5. The van der Waals surface area contributed by atoms with Crippen molar-refractivity contribution in [3.63, 3.8) is 0 Å². The lowest BCUT2D eigenvalue weighted by atomic mass is 9.92. The van der Waals surface area contributed by atoms with E-state index in [4.69, 9.17) is 4.74 Å². The lowest BCUT2D eigenvalue weighted by molar-refractivity contribution is -0.142. The minimum atomic E-state index is -0.932. The van der Waals surface area contributed by atoms with Crippen LogP contribution < -0.4 is 16.0 Å². The molecule has 52 heavy (non-hydrogen) atoms. The van der Waals surface area contributed by atoms with Crippen LogP contribution in [0, 0.1) is 5.92 Å². The minimum absolute atomic E-state index is 0.108. The lowest BCUT2D eigenvalue weighted by Gasteiger charge is -2.33. The van der Waals surface area contributed by atoms with Gasteiger partial charge < -0.3 is 30.7 Å². The Kier molecular flexibility index (Phi) is 13.2. The van der Waals surface area contributed by atoms with E-state index in [1.165, 1.54) is 0 Å². The molecule has 282 valence electrons. The summed E-state index contributed by atoms with van der Waals surface area (Å²) in [7, 11) is 0. The summed E-state index contributed by atoms with van der Waals surface area (Å²) in [5.74, 6) is -1.64. The molecule has 4 N–H and O–H groups in total. The topological polar surface area (TPSA) is 161 Å². The summed E-state index contributed by atoms with van der Waals surface area (Å²) in [5, 5.41) is 18.7. The first kappa shape index (κ1) is 39.1. The van der Waals surface area contributed by atoms with Crippen molar-refractivity contribution in [2.24, 2.45) is 5.92 Å². The van der Waals surface area contributed by atoms with Gasteiger partial charge in [-0.25, -0.2) is 0 Å². The highest BCUT2D eigenvalue weighted by molar-refractivity contribution is 5.99. The number of ketones is 1. The third kappa shape index (κ3) is 10.5. The van der Waals surface area contributed by atoms with Gasteiger partial charge in [0, 0.05) is 25.6 Å². The Hall–Kier alpha value is -4.13. The van der Waals surface area contributed by atoms with Gasteiger partial charge in [0.1, 0.15) is 23.7 Å². The van der Waals surface area contributed by atoms with E-state index in [1.807, 2.05) is 86.3 Å². The van der Waals surface area contributed by atoms with E-state index < -0.39 is 47.6 Å². The number of aliphatic hydroxyl groups excluding tert-OH is 1. The molecule has 4 amide bonds. The van der Waals surface area contributed by atoms with E-state index in [2.05, 4.69) is 16.0 Å². The number of carbonyl (C=O) groups excluding carboxylic acids is 5. The standard InChI is InChI=1S/C40H55N5O7/c1-26(2)21-32(36(48)40(4)25-52-40)42-38(50)34(23-29-13-9-6-10-14-29)45-27(3)22-33(39(45)51)43-37(49)31(16-15-28-11-7-5-8-12-28)41-35(47)24-44-19-17-30(46)18-20-44/h5-14,26-27,30-34,46H,15-25H2,1-4H3,(H,41,47)(H,42,50)(H,43,49)/t27?,31-,32-,33-,34-,40+/m0/s1. The van der Waals surface area contributed by atoms with Crippen molar-refractivity contribution in [2.45, 2.75) is 115 Å². The van der Waals surface area contributed by atoms with Crippen molar-refractivity contribution in [1.82, 2.24) is 25.8 Å². The number of rotatable bonds is 17. The first-order chi connectivity index (χ1) is 24.8. The van der Waals surface area contributed by atoms with E-state index in [0.717, 1.165) is 11.1 Å². The zero-order valence-electron chi connectivity index (χ0n) is 30.9. The highest BCUT2D eigenvalue weighted by atomic mass is 16.6. The normalized spacial score (nSPS) is 23.9. The fraction of sp³-hybridized carbons (Fsp3) is 0.575. The van der Waals surface area contributed by atoms with Crippen LogP contribution in [0.15, 0.2) is 60.7 Å². The molecule has 1 unspecified atom stereocenters. The number of amides is 4. The van der Waals surface area contributed by atoms with Gasteiger partial charge in [0.15, 0.2) is 5.78 Å². The molecule has 3 aliphatic rings. The number of nitrogens with zero attached hydrogens (tertiary/aromatic N) is 2. The third-order valence-electron chi connectivity index (χ3n) is 10.4. The van der Waals surface area contributed by atoms with Crippen LogP contribution in [0.5, 0.6) is 0 Å². The molecule has 2 aromatic rings. The number of Topliss-reactive ketones (excluding diaryl/α,β-unsaturated/α-hetero) is 1. The van der Waals surface area contributed by atoms with E-state index in [1.54, 1.807) is 11.8 Å². The van der Waals surface area contributed by atoms with Gasteiger partial charge >= 0.3 is 0 Å². The van der Waals surface area contributed by atoms with Gasteiger partial charge in [-0.3, -0.25) is 28.9 Å². The van der Waals surface area contributed by atoms with Gasteiger partial charge in [-0.05, 0) is 69.4 Å². The maximum absolute atomic E-state index is 14.2. The number of hydrogen-bond acceptors (Lipinski definition) is 8. The summed E-state index contributed by atoms with van der Waals surface area (Å²) in [5.41, 5.74) is 0.949. The molecule has 3 aliphatic heterocycles. The smallest absolute Gasteiger partial charge is 0.246 e. The summed E-state index contributed by atoms with van der Waals surface area (Å²) >= 11 is 0. The molecular weight excluding hydrogens is 662 g/mol. The summed E-state index contributed by atoms with van der Waals surface area (Å²) in [6, 6.07) is 15.2. The number of ether oxygens (including phenoxy) is 1. The number of benzene rings is 2. The number of aryl methyl sites for hydroxylation is 1. The molecule has 5 rings (SSSR count). The van der Waals surface area contributed by atoms with Crippen molar-refractivity contribution in [1.29, 1.82) is 0 Å². The molecule has 0 bridgehead atoms. The lowest BCUT2D eigenvalue weighted by Crippen LogP contribution is -2.57. The third-order valence-corrected chi connectivity index (χ3v) is 10.4. The highest BCUT2D eigenvalue weighted by Crippen LogP contribution is 2.30. The van der Waals surface area contributed by atoms with E-state index in [-0.39, 0.29) is 49.0 Å². The Morgan fingerprint density at radius 2 is 1.54 bits per heavy atom.